The van der Waals surface area contributed by atoms with E-state index in [2.05, 4.69) is 0 Å². The molecule has 0 amide bonds. The first kappa shape index (κ1) is 12.4. The van der Waals surface area contributed by atoms with Gasteiger partial charge in [-0.05, 0) is 23.1 Å². The Morgan fingerprint density at radius 3 is 2.25 bits per heavy atom. The number of carbonyl (C=O) groups is 1. The zero-order valence-corrected chi connectivity index (χ0v) is 11.0. The lowest BCUT2D eigenvalue weighted by molar-refractivity contribution is 0.112. The molecule has 0 fully saturated rings. The summed E-state index contributed by atoms with van der Waals surface area (Å²) in [6.07, 6.45) is 0.878. The molecule has 0 heterocycles. The van der Waals surface area contributed by atoms with E-state index in [0.29, 0.717) is 12.2 Å². The SMILES string of the molecule is O=Cc1ccc(OCc2ccccc2)c2ccccc12. The Balaban J connectivity index is 1.94. The fourth-order valence-electron chi connectivity index (χ4n) is 2.26. The van der Waals surface area contributed by atoms with Crippen LogP contribution in [0.5, 0.6) is 5.75 Å². The second-order valence-corrected chi connectivity index (χ2v) is 4.59. The highest BCUT2D eigenvalue weighted by molar-refractivity contribution is 6.00. The van der Waals surface area contributed by atoms with Gasteiger partial charge >= 0.3 is 0 Å². The van der Waals surface area contributed by atoms with Gasteiger partial charge in [0.1, 0.15) is 12.4 Å². The van der Waals surface area contributed by atoms with Crippen LogP contribution in [0, 0.1) is 0 Å². The maximum Gasteiger partial charge on any atom is 0.150 e. The van der Waals surface area contributed by atoms with E-state index >= 15 is 0 Å². The third kappa shape index (κ3) is 2.41. The van der Waals surface area contributed by atoms with E-state index in [9.17, 15) is 4.79 Å². The van der Waals surface area contributed by atoms with Crippen molar-refractivity contribution in [2.45, 2.75) is 6.61 Å². The third-order valence-corrected chi connectivity index (χ3v) is 3.28. The van der Waals surface area contributed by atoms with E-state index in [0.717, 1.165) is 28.4 Å². The number of fused-ring (bicyclic) bond motifs is 1. The lowest BCUT2D eigenvalue weighted by Crippen LogP contribution is -1.96. The summed E-state index contributed by atoms with van der Waals surface area (Å²) in [5, 5.41) is 1.89. The Labute approximate surface area is 117 Å². The summed E-state index contributed by atoms with van der Waals surface area (Å²) in [6, 6.07) is 21.5. The second-order valence-electron chi connectivity index (χ2n) is 4.59. The van der Waals surface area contributed by atoms with E-state index in [-0.39, 0.29) is 0 Å². The smallest absolute Gasteiger partial charge is 0.150 e. The molecule has 0 N–H and O–H groups in total. The molecule has 0 spiro atoms. The first-order chi connectivity index (χ1) is 9.88. The Kier molecular flexibility index (Phi) is 3.46. The van der Waals surface area contributed by atoms with Crippen LogP contribution >= 0.6 is 0 Å². The summed E-state index contributed by atoms with van der Waals surface area (Å²) in [5.74, 6) is 0.801. The average Bonchev–Trinajstić information content (AvgIpc) is 2.53. The van der Waals surface area contributed by atoms with E-state index < -0.39 is 0 Å². The summed E-state index contributed by atoms with van der Waals surface area (Å²) in [4.78, 5) is 11.1. The van der Waals surface area contributed by atoms with Crippen LogP contribution in [-0.2, 0) is 6.61 Å². The highest BCUT2D eigenvalue weighted by Gasteiger charge is 2.06. The summed E-state index contributed by atoms with van der Waals surface area (Å²) >= 11 is 0. The monoisotopic (exact) mass is 262 g/mol. The van der Waals surface area contributed by atoms with Gasteiger partial charge in [0.25, 0.3) is 0 Å². The van der Waals surface area contributed by atoms with Gasteiger partial charge in [-0.2, -0.15) is 0 Å². The second kappa shape index (κ2) is 5.57. The van der Waals surface area contributed by atoms with Crippen molar-refractivity contribution in [1.82, 2.24) is 0 Å². The molecule has 0 aliphatic carbocycles. The van der Waals surface area contributed by atoms with Crippen molar-refractivity contribution in [1.29, 1.82) is 0 Å². The Morgan fingerprint density at radius 2 is 1.50 bits per heavy atom. The van der Waals surface area contributed by atoms with Gasteiger partial charge in [0, 0.05) is 10.9 Å². The predicted molar refractivity (Wildman–Crippen MR) is 80.1 cm³/mol. The van der Waals surface area contributed by atoms with Crippen LogP contribution in [0.2, 0.25) is 0 Å². The van der Waals surface area contributed by atoms with Gasteiger partial charge in [-0.15, -0.1) is 0 Å². The highest BCUT2D eigenvalue weighted by atomic mass is 16.5. The van der Waals surface area contributed by atoms with Gasteiger partial charge in [0.15, 0.2) is 6.29 Å². The van der Waals surface area contributed by atoms with Crippen molar-refractivity contribution in [2.24, 2.45) is 0 Å². The quantitative estimate of drug-likeness (QED) is 0.658. The molecular weight excluding hydrogens is 248 g/mol. The molecule has 0 saturated heterocycles. The van der Waals surface area contributed by atoms with Gasteiger partial charge in [0.05, 0.1) is 0 Å². The van der Waals surface area contributed by atoms with Crippen LogP contribution in [0.3, 0.4) is 0 Å². The minimum absolute atomic E-state index is 0.519. The number of aldehydes is 1. The molecule has 0 aromatic heterocycles. The minimum atomic E-state index is 0.519. The molecule has 2 nitrogen and oxygen atoms in total. The number of benzene rings is 3. The van der Waals surface area contributed by atoms with Gasteiger partial charge in [-0.1, -0.05) is 54.6 Å². The van der Waals surface area contributed by atoms with Crippen LogP contribution in [0.15, 0.2) is 66.7 Å². The molecule has 0 aliphatic rings. The normalized spacial score (nSPS) is 10.4. The molecule has 0 bridgehead atoms. The first-order valence-corrected chi connectivity index (χ1v) is 6.52. The number of carbonyl (C=O) groups excluding carboxylic acids is 1. The predicted octanol–water partition coefficient (Wildman–Crippen LogP) is 4.23. The van der Waals surface area contributed by atoms with E-state index in [1.54, 1.807) is 6.07 Å². The van der Waals surface area contributed by atoms with Crippen molar-refractivity contribution in [3.8, 4) is 5.75 Å². The Morgan fingerprint density at radius 1 is 0.800 bits per heavy atom. The van der Waals surface area contributed by atoms with Crippen LogP contribution < -0.4 is 4.74 Å². The largest absolute Gasteiger partial charge is 0.488 e. The Bertz CT molecular complexity index is 733. The zero-order valence-electron chi connectivity index (χ0n) is 11.0. The van der Waals surface area contributed by atoms with E-state index in [4.69, 9.17) is 4.74 Å². The standard InChI is InChI=1S/C18H14O2/c19-12-15-10-11-18(17-9-5-4-8-16(15)17)20-13-14-6-2-1-3-7-14/h1-12H,13H2. The summed E-state index contributed by atoms with van der Waals surface area (Å²) in [7, 11) is 0. The fourth-order valence-corrected chi connectivity index (χ4v) is 2.26. The molecule has 3 aromatic rings. The molecule has 0 atom stereocenters. The van der Waals surface area contributed by atoms with Crippen molar-refractivity contribution in [3.63, 3.8) is 0 Å². The van der Waals surface area contributed by atoms with Gasteiger partial charge in [-0.3, -0.25) is 4.79 Å². The first-order valence-electron chi connectivity index (χ1n) is 6.52. The zero-order chi connectivity index (χ0) is 13.8. The van der Waals surface area contributed by atoms with Crippen LogP contribution in [0.1, 0.15) is 15.9 Å². The fraction of sp³-hybridized carbons (Fsp3) is 0.0556. The molecule has 2 heteroatoms. The molecular formula is C18H14O2. The molecule has 0 aliphatic heterocycles. The molecule has 3 aromatic carbocycles. The highest BCUT2D eigenvalue weighted by Crippen LogP contribution is 2.28. The lowest BCUT2D eigenvalue weighted by atomic mass is 10.0. The molecule has 98 valence electrons. The van der Waals surface area contributed by atoms with Crippen molar-refractivity contribution < 1.29 is 9.53 Å². The maximum absolute atomic E-state index is 11.1. The molecule has 0 radical (unpaired) electrons. The average molecular weight is 262 g/mol. The molecule has 0 saturated carbocycles. The third-order valence-electron chi connectivity index (χ3n) is 3.28. The minimum Gasteiger partial charge on any atom is -0.488 e. The topological polar surface area (TPSA) is 26.3 Å². The summed E-state index contributed by atoms with van der Waals surface area (Å²) in [6.45, 7) is 0.519. The van der Waals surface area contributed by atoms with Crippen molar-refractivity contribution in [2.75, 3.05) is 0 Å². The number of rotatable bonds is 4. The maximum atomic E-state index is 11.1. The molecule has 20 heavy (non-hydrogen) atoms. The number of hydrogen-bond donors (Lipinski definition) is 0. The van der Waals surface area contributed by atoms with Gasteiger partial charge < -0.3 is 4.74 Å². The molecule has 3 rings (SSSR count). The van der Waals surface area contributed by atoms with Crippen LogP contribution in [-0.4, -0.2) is 6.29 Å². The van der Waals surface area contributed by atoms with Crippen LogP contribution in [0.25, 0.3) is 10.8 Å². The lowest BCUT2D eigenvalue weighted by Gasteiger charge is -2.10. The van der Waals surface area contributed by atoms with Gasteiger partial charge in [-0.25, -0.2) is 0 Å². The summed E-state index contributed by atoms with van der Waals surface area (Å²) in [5.41, 5.74) is 1.81. The number of hydrogen-bond acceptors (Lipinski definition) is 2. The van der Waals surface area contributed by atoms with Crippen LogP contribution in [0.4, 0.5) is 0 Å². The van der Waals surface area contributed by atoms with Gasteiger partial charge in [0.2, 0.25) is 0 Å². The summed E-state index contributed by atoms with van der Waals surface area (Å²) < 4.78 is 5.89. The van der Waals surface area contributed by atoms with E-state index in [1.165, 1.54) is 0 Å². The van der Waals surface area contributed by atoms with Crippen molar-refractivity contribution >= 4 is 17.1 Å². The van der Waals surface area contributed by atoms with Crippen molar-refractivity contribution in [3.05, 3.63) is 77.9 Å². The Hall–Kier alpha value is -2.61. The number of ether oxygens (including phenoxy) is 1. The van der Waals surface area contributed by atoms with E-state index in [1.807, 2.05) is 60.7 Å². The molecule has 0 unspecified atom stereocenters.